The molecule has 0 atom stereocenters. The molecule has 0 bridgehead atoms. The topological polar surface area (TPSA) is 71.9 Å². The van der Waals surface area contributed by atoms with E-state index in [2.05, 4.69) is 10.1 Å². The van der Waals surface area contributed by atoms with E-state index >= 15 is 0 Å². The van der Waals surface area contributed by atoms with Crippen LogP contribution < -0.4 is 0 Å². The molecular formula is C9H13N3O2. The maximum atomic E-state index is 8.35. The molecule has 0 spiro atoms. The Bertz CT molecular complexity index is 303. The fourth-order valence-electron chi connectivity index (χ4n) is 0.964. The number of aryl methyl sites for hydroxylation is 1. The minimum atomic E-state index is 0.410. The normalized spacial score (nSPS) is 10.0. The maximum absolute atomic E-state index is 8.35. The molecule has 1 heterocycles. The Morgan fingerprint density at radius 2 is 2.36 bits per heavy atom. The van der Waals surface area contributed by atoms with E-state index in [0.717, 1.165) is 0 Å². The Hall–Kier alpha value is -1.41. The number of nitrogens with zero attached hydrogens (tertiary/aromatic N) is 3. The highest BCUT2D eigenvalue weighted by molar-refractivity contribution is 4.88. The first-order chi connectivity index (χ1) is 6.86. The third-order valence-electron chi connectivity index (χ3n) is 1.63. The SMILES string of the molecule is CCOCCc1noc(CCC#N)n1. The number of aromatic nitrogens is 2. The third kappa shape index (κ3) is 3.54. The van der Waals surface area contributed by atoms with E-state index in [1.807, 2.05) is 13.0 Å². The Labute approximate surface area is 82.7 Å². The van der Waals surface area contributed by atoms with Gasteiger partial charge in [-0.2, -0.15) is 10.2 Å². The fourth-order valence-corrected chi connectivity index (χ4v) is 0.964. The molecule has 0 fully saturated rings. The molecule has 14 heavy (non-hydrogen) atoms. The highest BCUT2D eigenvalue weighted by Crippen LogP contribution is 2.01. The van der Waals surface area contributed by atoms with Gasteiger partial charge in [0, 0.05) is 25.9 Å². The highest BCUT2D eigenvalue weighted by Gasteiger charge is 2.04. The van der Waals surface area contributed by atoms with Gasteiger partial charge in [0.15, 0.2) is 5.82 Å². The lowest BCUT2D eigenvalue weighted by molar-refractivity contribution is 0.149. The van der Waals surface area contributed by atoms with Gasteiger partial charge in [-0.3, -0.25) is 0 Å². The van der Waals surface area contributed by atoms with Gasteiger partial charge in [-0.25, -0.2) is 0 Å². The van der Waals surface area contributed by atoms with Crippen LogP contribution in [0.2, 0.25) is 0 Å². The van der Waals surface area contributed by atoms with E-state index in [9.17, 15) is 0 Å². The van der Waals surface area contributed by atoms with Crippen LogP contribution in [-0.4, -0.2) is 23.4 Å². The van der Waals surface area contributed by atoms with Crippen LogP contribution in [0.25, 0.3) is 0 Å². The Balaban J connectivity index is 2.32. The van der Waals surface area contributed by atoms with Gasteiger partial charge in [-0.1, -0.05) is 5.16 Å². The summed E-state index contributed by atoms with van der Waals surface area (Å²) in [5, 5.41) is 12.1. The van der Waals surface area contributed by atoms with Gasteiger partial charge in [-0.15, -0.1) is 0 Å². The van der Waals surface area contributed by atoms with Crippen molar-refractivity contribution in [3.8, 4) is 6.07 Å². The van der Waals surface area contributed by atoms with Crippen molar-refractivity contribution in [2.75, 3.05) is 13.2 Å². The van der Waals surface area contributed by atoms with Crippen molar-refractivity contribution in [3.63, 3.8) is 0 Å². The van der Waals surface area contributed by atoms with Gasteiger partial charge in [0.25, 0.3) is 0 Å². The summed E-state index contributed by atoms with van der Waals surface area (Å²) in [5.41, 5.74) is 0. The molecule has 0 aliphatic rings. The zero-order chi connectivity index (χ0) is 10.2. The van der Waals surface area contributed by atoms with E-state index in [4.69, 9.17) is 14.5 Å². The zero-order valence-corrected chi connectivity index (χ0v) is 8.19. The third-order valence-corrected chi connectivity index (χ3v) is 1.63. The largest absolute Gasteiger partial charge is 0.381 e. The molecule has 76 valence electrons. The van der Waals surface area contributed by atoms with Crippen molar-refractivity contribution in [3.05, 3.63) is 11.7 Å². The summed E-state index contributed by atoms with van der Waals surface area (Å²) < 4.78 is 10.1. The van der Waals surface area contributed by atoms with Gasteiger partial charge >= 0.3 is 0 Å². The minimum absolute atomic E-state index is 0.410. The van der Waals surface area contributed by atoms with Crippen LogP contribution in [-0.2, 0) is 17.6 Å². The summed E-state index contributed by atoms with van der Waals surface area (Å²) in [6, 6.07) is 2.03. The lowest BCUT2D eigenvalue weighted by Crippen LogP contribution is -1.99. The van der Waals surface area contributed by atoms with Crippen molar-refractivity contribution in [1.29, 1.82) is 5.26 Å². The molecule has 5 nitrogen and oxygen atoms in total. The van der Waals surface area contributed by atoms with Crippen molar-refractivity contribution in [2.45, 2.75) is 26.2 Å². The highest BCUT2D eigenvalue weighted by atomic mass is 16.5. The molecule has 0 aromatic carbocycles. The van der Waals surface area contributed by atoms with Gasteiger partial charge in [-0.05, 0) is 6.92 Å². The van der Waals surface area contributed by atoms with E-state index in [1.165, 1.54) is 0 Å². The second kappa shape index (κ2) is 6.11. The molecule has 1 aromatic rings. The van der Waals surface area contributed by atoms with Crippen LogP contribution in [0.5, 0.6) is 0 Å². The van der Waals surface area contributed by atoms with Crippen molar-refractivity contribution in [1.82, 2.24) is 10.1 Å². The molecule has 0 aliphatic carbocycles. The molecule has 0 amide bonds. The standard InChI is InChI=1S/C9H13N3O2/c1-2-13-7-5-8-11-9(14-12-8)4-3-6-10/h2-5,7H2,1H3. The van der Waals surface area contributed by atoms with E-state index in [-0.39, 0.29) is 0 Å². The van der Waals surface area contributed by atoms with E-state index < -0.39 is 0 Å². The lowest BCUT2D eigenvalue weighted by Gasteiger charge is -1.94. The number of ether oxygens (including phenoxy) is 1. The lowest BCUT2D eigenvalue weighted by atomic mass is 10.3. The van der Waals surface area contributed by atoms with Crippen molar-refractivity contribution >= 4 is 0 Å². The van der Waals surface area contributed by atoms with Crippen LogP contribution >= 0.6 is 0 Å². The van der Waals surface area contributed by atoms with Crippen molar-refractivity contribution in [2.24, 2.45) is 0 Å². The van der Waals surface area contributed by atoms with Crippen LogP contribution in [0, 0.1) is 11.3 Å². The number of rotatable bonds is 6. The first-order valence-electron chi connectivity index (χ1n) is 4.63. The summed E-state index contributed by atoms with van der Waals surface area (Å²) in [7, 11) is 0. The number of hydrogen-bond donors (Lipinski definition) is 0. The van der Waals surface area contributed by atoms with Crippen LogP contribution in [0.4, 0.5) is 0 Å². The molecule has 0 N–H and O–H groups in total. The van der Waals surface area contributed by atoms with Crippen LogP contribution in [0.15, 0.2) is 4.52 Å². The Morgan fingerprint density at radius 1 is 1.50 bits per heavy atom. The average Bonchev–Trinajstić information content (AvgIpc) is 2.63. The van der Waals surface area contributed by atoms with Gasteiger partial charge in [0.05, 0.1) is 12.7 Å². The number of hydrogen-bond acceptors (Lipinski definition) is 5. The molecule has 5 heteroatoms. The summed E-state index contributed by atoms with van der Waals surface area (Å²) in [4.78, 5) is 4.11. The van der Waals surface area contributed by atoms with Gasteiger partial charge in [0.1, 0.15) is 0 Å². The predicted octanol–water partition coefficient (Wildman–Crippen LogP) is 1.10. The quantitative estimate of drug-likeness (QED) is 0.635. The monoisotopic (exact) mass is 195 g/mol. The molecule has 0 saturated carbocycles. The average molecular weight is 195 g/mol. The summed E-state index contributed by atoms with van der Waals surface area (Å²) in [6.45, 7) is 3.24. The molecular weight excluding hydrogens is 182 g/mol. The molecule has 1 aromatic heterocycles. The van der Waals surface area contributed by atoms with Crippen LogP contribution in [0.1, 0.15) is 25.1 Å². The molecule has 1 rings (SSSR count). The summed E-state index contributed by atoms with van der Waals surface area (Å²) in [6.07, 6.45) is 1.59. The second-order valence-electron chi connectivity index (χ2n) is 2.71. The Kier molecular flexibility index (Phi) is 4.65. The molecule has 0 saturated heterocycles. The molecule has 0 unspecified atom stereocenters. The first kappa shape index (κ1) is 10.7. The van der Waals surface area contributed by atoms with Gasteiger partial charge < -0.3 is 9.26 Å². The minimum Gasteiger partial charge on any atom is -0.381 e. The van der Waals surface area contributed by atoms with Gasteiger partial charge in [0.2, 0.25) is 5.89 Å². The first-order valence-corrected chi connectivity index (χ1v) is 4.63. The molecule has 0 radical (unpaired) electrons. The maximum Gasteiger partial charge on any atom is 0.227 e. The Morgan fingerprint density at radius 3 is 3.07 bits per heavy atom. The van der Waals surface area contributed by atoms with E-state index in [0.29, 0.717) is 44.2 Å². The van der Waals surface area contributed by atoms with Crippen LogP contribution in [0.3, 0.4) is 0 Å². The molecule has 0 aliphatic heterocycles. The smallest absolute Gasteiger partial charge is 0.227 e. The second-order valence-corrected chi connectivity index (χ2v) is 2.71. The predicted molar refractivity (Wildman–Crippen MR) is 48.4 cm³/mol. The number of nitriles is 1. The summed E-state index contributed by atoms with van der Waals surface area (Å²) in [5.74, 6) is 1.17. The fraction of sp³-hybridized carbons (Fsp3) is 0.667. The summed E-state index contributed by atoms with van der Waals surface area (Å²) >= 11 is 0. The van der Waals surface area contributed by atoms with Crippen molar-refractivity contribution < 1.29 is 9.26 Å². The zero-order valence-electron chi connectivity index (χ0n) is 8.19. The van der Waals surface area contributed by atoms with E-state index in [1.54, 1.807) is 0 Å².